The van der Waals surface area contributed by atoms with Crippen LogP contribution in [0.3, 0.4) is 0 Å². The molecule has 3 rings (SSSR count). The first-order valence-corrected chi connectivity index (χ1v) is 6.23. The summed E-state index contributed by atoms with van der Waals surface area (Å²) >= 11 is 6.14. The van der Waals surface area contributed by atoms with Crippen LogP contribution in [0.4, 0.5) is 4.39 Å². The first kappa shape index (κ1) is 12.1. The van der Waals surface area contributed by atoms with Crippen molar-refractivity contribution in [3.8, 4) is 11.1 Å². The van der Waals surface area contributed by atoms with Gasteiger partial charge < -0.3 is 0 Å². The summed E-state index contributed by atoms with van der Waals surface area (Å²) < 4.78 is 15.5. The molecule has 5 heteroatoms. The minimum atomic E-state index is -0.292. The molecule has 2 aromatic heterocycles. The summed E-state index contributed by atoms with van der Waals surface area (Å²) in [7, 11) is 0. The Bertz CT molecular complexity index is 780. The van der Waals surface area contributed by atoms with Crippen LogP contribution in [-0.4, -0.2) is 14.6 Å². The number of rotatable bonds is 1. The van der Waals surface area contributed by atoms with Gasteiger partial charge in [0.15, 0.2) is 5.65 Å². The number of aromatic nitrogens is 3. The van der Waals surface area contributed by atoms with Gasteiger partial charge >= 0.3 is 0 Å². The molecule has 0 saturated carbocycles. The summed E-state index contributed by atoms with van der Waals surface area (Å²) in [6.07, 6.45) is 0. The second-order valence-corrected chi connectivity index (χ2v) is 4.78. The molecule has 0 unspecified atom stereocenters. The van der Waals surface area contributed by atoms with Crippen LogP contribution in [-0.2, 0) is 0 Å². The standard InChI is InChI=1S/C14H11ClFN3/c1-8-7-12(15)19-14(17-8)13(9(2)18-19)10-5-3-4-6-11(10)16/h3-7H,1-2H3. The lowest BCUT2D eigenvalue weighted by Crippen LogP contribution is -1.94. The van der Waals surface area contributed by atoms with Crippen LogP contribution >= 0.6 is 11.6 Å². The van der Waals surface area contributed by atoms with E-state index in [-0.39, 0.29) is 5.82 Å². The van der Waals surface area contributed by atoms with Gasteiger partial charge in [-0.25, -0.2) is 13.9 Å². The Hall–Kier alpha value is -1.94. The number of hydrogen-bond donors (Lipinski definition) is 0. The number of aryl methyl sites for hydroxylation is 2. The molecule has 0 bridgehead atoms. The predicted octanol–water partition coefficient (Wildman–Crippen LogP) is 3.81. The molecule has 96 valence electrons. The van der Waals surface area contributed by atoms with Crippen molar-refractivity contribution >= 4 is 17.2 Å². The van der Waals surface area contributed by atoms with Gasteiger partial charge in [0.2, 0.25) is 0 Å². The number of halogens is 2. The van der Waals surface area contributed by atoms with E-state index in [2.05, 4.69) is 10.1 Å². The highest BCUT2D eigenvalue weighted by molar-refractivity contribution is 6.29. The fourth-order valence-corrected chi connectivity index (χ4v) is 2.46. The SMILES string of the molecule is Cc1cc(Cl)n2nc(C)c(-c3ccccc3F)c2n1. The van der Waals surface area contributed by atoms with Gasteiger partial charge in [-0.1, -0.05) is 29.8 Å². The highest BCUT2D eigenvalue weighted by Gasteiger charge is 2.17. The van der Waals surface area contributed by atoms with Gasteiger partial charge in [-0.15, -0.1) is 0 Å². The summed E-state index contributed by atoms with van der Waals surface area (Å²) in [5.41, 5.74) is 3.22. The van der Waals surface area contributed by atoms with Crippen molar-refractivity contribution in [1.82, 2.24) is 14.6 Å². The molecule has 0 aliphatic rings. The van der Waals surface area contributed by atoms with Crippen molar-refractivity contribution < 1.29 is 4.39 Å². The molecule has 0 radical (unpaired) electrons. The first-order chi connectivity index (χ1) is 9.08. The van der Waals surface area contributed by atoms with E-state index < -0.39 is 0 Å². The number of benzene rings is 1. The molecule has 0 spiro atoms. The van der Waals surface area contributed by atoms with E-state index >= 15 is 0 Å². The largest absolute Gasteiger partial charge is 0.233 e. The van der Waals surface area contributed by atoms with Gasteiger partial charge in [-0.05, 0) is 26.0 Å². The molecular weight excluding hydrogens is 265 g/mol. The second kappa shape index (κ2) is 4.31. The lowest BCUT2D eigenvalue weighted by atomic mass is 10.1. The highest BCUT2D eigenvalue weighted by atomic mass is 35.5. The highest BCUT2D eigenvalue weighted by Crippen LogP contribution is 2.30. The van der Waals surface area contributed by atoms with Crippen LogP contribution in [0.15, 0.2) is 30.3 Å². The normalized spacial score (nSPS) is 11.2. The first-order valence-electron chi connectivity index (χ1n) is 5.85. The molecule has 1 aromatic carbocycles. The molecule has 0 fully saturated rings. The Morgan fingerprint density at radius 3 is 2.68 bits per heavy atom. The minimum absolute atomic E-state index is 0.292. The van der Waals surface area contributed by atoms with E-state index in [1.165, 1.54) is 10.6 Å². The van der Waals surface area contributed by atoms with Crippen molar-refractivity contribution in [2.45, 2.75) is 13.8 Å². The molecule has 0 amide bonds. The van der Waals surface area contributed by atoms with E-state index in [9.17, 15) is 4.39 Å². The Morgan fingerprint density at radius 1 is 1.21 bits per heavy atom. The predicted molar refractivity (Wildman–Crippen MR) is 72.9 cm³/mol. The van der Waals surface area contributed by atoms with Crippen molar-refractivity contribution in [1.29, 1.82) is 0 Å². The van der Waals surface area contributed by atoms with E-state index in [0.717, 1.165) is 5.69 Å². The zero-order valence-corrected chi connectivity index (χ0v) is 11.2. The maximum Gasteiger partial charge on any atom is 0.165 e. The van der Waals surface area contributed by atoms with Crippen LogP contribution in [0.1, 0.15) is 11.4 Å². The maximum atomic E-state index is 14.0. The van der Waals surface area contributed by atoms with Crippen molar-refractivity contribution in [3.05, 3.63) is 52.7 Å². The summed E-state index contributed by atoms with van der Waals surface area (Å²) in [6.45, 7) is 3.67. The molecule has 2 heterocycles. The molecular formula is C14H11ClFN3. The minimum Gasteiger partial charge on any atom is -0.233 e. The quantitative estimate of drug-likeness (QED) is 0.632. The van der Waals surface area contributed by atoms with Crippen molar-refractivity contribution in [2.75, 3.05) is 0 Å². The third-order valence-corrected chi connectivity index (χ3v) is 3.26. The van der Waals surface area contributed by atoms with E-state index in [0.29, 0.717) is 27.6 Å². The molecule has 19 heavy (non-hydrogen) atoms. The van der Waals surface area contributed by atoms with Crippen LogP contribution < -0.4 is 0 Å². The van der Waals surface area contributed by atoms with Crippen molar-refractivity contribution in [3.63, 3.8) is 0 Å². The zero-order chi connectivity index (χ0) is 13.6. The van der Waals surface area contributed by atoms with Crippen molar-refractivity contribution in [2.24, 2.45) is 0 Å². The van der Waals surface area contributed by atoms with Gasteiger partial charge in [-0.3, -0.25) is 0 Å². The molecule has 0 atom stereocenters. The molecule has 0 N–H and O–H groups in total. The lowest BCUT2D eigenvalue weighted by molar-refractivity contribution is 0.631. The van der Waals surface area contributed by atoms with Crippen LogP contribution in [0.2, 0.25) is 5.15 Å². The monoisotopic (exact) mass is 275 g/mol. The average Bonchev–Trinajstić information content (AvgIpc) is 2.67. The Kier molecular flexibility index (Phi) is 2.75. The van der Waals surface area contributed by atoms with Gasteiger partial charge in [0, 0.05) is 11.3 Å². The maximum absolute atomic E-state index is 14.0. The second-order valence-electron chi connectivity index (χ2n) is 4.40. The lowest BCUT2D eigenvalue weighted by Gasteiger charge is -2.03. The summed E-state index contributed by atoms with van der Waals surface area (Å²) in [5, 5.41) is 4.79. The van der Waals surface area contributed by atoms with E-state index in [1.54, 1.807) is 24.3 Å². The fraction of sp³-hybridized carbons (Fsp3) is 0.143. The van der Waals surface area contributed by atoms with Gasteiger partial charge in [-0.2, -0.15) is 5.10 Å². The summed E-state index contributed by atoms with van der Waals surface area (Å²) in [4.78, 5) is 4.42. The number of nitrogens with zero attached hydrogens (tertiary/aromatic N) is 3. The number of hydrogen-bond acceptors (Lipinski definition) is 2. The van der Waals surface area contributed by atoms with Crippen LogP contribution in [0.25, 0.3) is 16.8 Å². The summed E-state index contributed by atoms with van der Waals surface area (Å²) in [5.74, 6) is -0.292. The third kappa shape index (κ3) is 1.88. The van der Waals surface area contributed by atoms with Gasteiger partial charge in [0.25, 0.3) is 0 Å². The zero-order valence-electron chi connectivity index (χ0n) is 10.5. The number of fused-ring (bicyclic) bond motifs is 1. The third-order valence-electron chi connectivity index (χ3n) is 2.99. The molecule has 0 aliphatic carbocycles. The molecule has 3 nitrogen and oxygen atoms in total. The summed E-state index contributed by atoms with van der Waals surface area (Å²) in [6, 6.07) is 8.32. The topological polar surface area (TPSA) is 30.2 Å². The molecule has 0 aliphatic heterocycles. The van der Waals surface area contributed by atoms with Crippen LogP contribution in [0.5, 0.6) is 0 Å². The molecule has 3 aromatic rings. The Labute approximate surface area is 114 Å². The smallest absolute Gasteiger partial charge is 0.165 e. The Morgan fingerprint density at radius 2 is 1.95 bits per heavy atom. The van der Waals surface area contributed by atoms with Gasteiger partial charge in [0.1, 0.15) is 11.0 Å². The van der Waals surface area contributed by atoms with E-state index in [1.807, 2.05) is 13.8 Å². The van der Waals surface area contributed by atoms with Crippen LogP contribution in [0, 0.1) is 19.7 Å². The Balaban J connectivity index is 2.42. The fourth-order valence-electron chi connectivity index (χ4n) is 2.18. The molecule has 0 saturated heterocycles. The average molecular weight is 276 g/mol. The van der Waals surface area contributed by atoms with E-state index in [4.69, 9.17) is 11.6 Å². The van der Waals surface area contributed by atoms with Gasteiger partial charge in [0.05, 0.1) is 11.3 Å².